The van der Waals surface area contributed by atoms with Crippen LogP contribution in [0.5, 0.6) is 0 Å². The van der Waals surface area contributed by atoms with Gasteiger partial charge in [0.25, 0.3) is 0 Å². The van der Waals surface area contributed by atoms with Gasteiger partial charge in [-0.05, 0) is 39.3 Å². The van der Waals surface area contributed by atoms with E-state index in [4.69, 9.17) is 0 Å². The van der Waals surface area contributed by atoms with Gasteiger partial charge in [-0.15, -0.1) is 0 Å². The number of anilines is 2. The molecule has 4 nitrogen and oxygen atoms in total. The van der Waals surface area contributed by atoms with E-state index in [0.29, 0.717) is 6.54 Å². The average molecular weight is 296 g/mol. The predicted molar refractivity (Wildman–Crippen MR) is 85.3 cm³/mol. The summed E-state index contributed by atoms with van der Waals surface area (Å²) in [5, 5.41) is 3.39. The number of hydrogen-bond acceptors (Lipinski definition) is 4. The van der Waals surface area contributed by atoms with Gasteiger partial charge in [0.15, 0.2) is 9.84 Å². The van der Waals surface area contributed by atoms with E-state index in [-0.39, 0.29) is 5.75 Å². The van der Waals surface area contributed by atoms with Gasteiger partial charge in [-0.2, -0.15) is 0 Å². The van der Waals surface area contributed by atoms with Crippen molar-refractivity contribution >= 4 is 21.2 Å². The highest BCUT2D eigenvalue weighted by Gasteiger charge is 2.29. The van der Waals surface area contributed by atoms with E-state index in [0.717, 1.165) is 30.9 Å². The van der Waals surface area contributed by atoms with Crippen LogP contribution >= 0.6 is 0 Å². The summed E-state index contributed by atoms with van der Waals surface area (Å²) in [5.74, 6) is 0.199. The Bertz CT molecular complexity index is 561. The molecule has 0 unspecified atom stereocenters. The van der Waals surface area contributed by atoms with Crippen LogP contribution in [-0.4, -0.2) is 38.6 Å². The number of sulfone groups is 1. The largest absolute Gasteiger partial charge is 0.383 e. The summed E-state index contributed by atoms with van der Waals surface area (Å²) in [4.78, 5) is 2.18. The van der Waals surface area contributed by atoms with Crippen LogP contribution in [0.25, 0.3) is 0 Å². The summed E-state index contributed by atoms with van der Waals surface area (Å²) in [5.41, 5.74) is 2.20. The monoisotopic (exact) mass is 296 g/mol. The predicted octanol–water partition coefficient (Wildman–Crippen LogP) is 2.52. The molecule has 1 aliphatic heterocycles. The summed E-state index contributed by atoms with van der Waals surface area (Å²) in [6.07, 6.45) is 1.02. The quantitative estimate of drug-likeness (QED) is 0.931. The molecule has 0 amide bonds. The van der Waals surface area contributed by atoms with Crippen molar-refractivity contribution in [3.8, 4) is 0 Å². The fourth-order valence-corrected chi connectivity index (χ4v) is 3.35. The van der Waals surface area contributed by atoms with Crippen molar-refractivity contribution in [2.24, 2.45) is 0 Å². The summed E-state index contributed by atoms with van der Waals surface area (Å²) < 4.78 is 23.8. The van der Waals surface area contributed by atoms with Crippen LogP contribution in [0.1, 0.15) is 27.2 Å². The molecule has 5 heteroatoms. The lowest BCUT2D eigenvalue weighted by molar-refractivity contribution is 0.558. The standard InChI is InChI=1S/C15H24N2O2S/c1-15(2,3)20(18,19)12-11-17-10-6-9-16-13-7-4-5-8-14(13)17/h4-5,7-8,16H,6,9-12H2,1-3H3. The molecule has 0 atom stereocenters. The molecule has 1 aromatic rings. The van der Waals surface area contributed by atoms with Crippen molar-refractivity contribution in [1.29, 1.82) is 0 Å². The molecule has 0 spiro atoms. The lowest BCUT2D eigenvalue weighted by atomic mass is 10.2. The second-order valence-electron chi connectivity index (χ2n) is 6.22. The van der Waals surface area contributed by atoms with Gasteiger partial charge in [-0.3, -0.25) is 0 Å². The van der Waals surface area contributed by atoms with Crippen LogP contribution in [0.2, 0.25) is 0 Å². The minimum atomic E-state index is -3.07. The third-order valence-electron chi connectivity index (χ3n) is 3.73. The van der Waals surface area contributed by atoms with Gasteiger partial charge >= 0.3 is 0 Å². The van der Waals surface area contributed by atoms with Crippen LogP contribution in [-0.2, 0) is 9.84 Å². The average Bonchev–Trinajstić information content (AvgIpc) is 2.57. The number of fused-ring (bicyclic) bond motifs is 1. The maximum absolute atomic E-state index is 12.3. The SMILES string of the molecule is CC(C)(C)S(=O)(=O)CCN1CCCNc2ccccc21. The molecule has 1 heterocycles. The molecule has 1 aromatic carbocycles. The number of rotatable bonds is 3. The molecule has 20 heavy (non-hydrogen) atoms. The van der Waals surface area contributed by atoms with Crippen LogP contribution < -0.4 is 10.2 Å². The maximum atomic E-state index is 12.3. The Hall–Kier alpha value is -1.23. The Labute approximate surface area is 122 Å². The van der Waals surface area contributed by atoms with Crippen LogP contribution in [0.4, 0.5) is 11.4 Å². The molecular weight excluding hydrogens is 272 g/mol. The summed E-state index contributed by atoms with van der Waals surface area (Å²) in [6, 6.07) is 8.10. The molecule has 1 aliphatic rings. The summed E-state index contributed by atoms with van der Waals surface area (Å²) in [6.45, 7) is 7.67. The zero-order chi connectivity index (χ0) is 14.8. The number of para-hydroxylation sites is 2. The zero-order valence-electron chi connectivity index (χ0n) is 12.5. The molecule has 0 bridgehead atoms. The highest BCUT2D eigenvalue weighted by Crippen LogP contribution is 2.28. The highest BCUT2D eigenvalue weighted by atomic mass is 32.2. The van der Waals surface area contributed by atoms with Gasteiger partial charge in [0.05, 0.1) is 21.9 Å². The number of nitrogens with zero attached hydrogens (tertiary/aromatic N) is 1. The van der Waals surface area contributed by atoms with Crippen molar-refractivity contribution in [3.05, 3.63) is 24.3 Å². The van der Waals surface area contributed by atoms with Gasteiger partial charge in [0.2, 0.25) is 0 Å². The van der Waals surface area contributed by atoms with Crippen molar-refractivity contribution in [3.63, 3.8) is 0 Å². The van der Waals surface area contributed by atoms with Crippen LogP contribution in [0, 0.1) is 0 Å². The third kappa shape index (κ3) is 3.26. The van der Waals surface area contributed by atoms with E-state index in [2.05, 4.69) is 16.3 Å². The van der Waals surface area contributed by atoms with E-state index in [1.807, 2.05) is 18.2 Å². The van der Waals surface area contributed by atoms with Crippen LogP contribution in [0.3, 0.4) is 0 Å². The Morgan fingerprint density at radius 1 is 1.25 bits per heavy atom. The van der Waals surface area contributed by atoms with Gasteiger partial charge < -0.3 is 10.2 Å². The molecule has 0 fully saturated rings. The van der Waals surface area contributed by atoms with E-state index < -0.39 is 14.6 Å². The summed E-state index contributed by atoms with van der Waals surface area (Å²) in [7, 11) is -3.07. The number of nitrogens with one attached hydrogen (secondary N) is 1. The maximum Gasteiger partial charge on any atom is 0.156 e. The Morgan fingerprint density at radius 2 is 1.95 bits per heavy atom. The van der Waals surface area contributed by atoms with Gasteiger partial charge in [-0.1, -0.05) is 12.1 Å². The first-order chi connectivity index (χ1) is 9.31. The topological polar surface area (TPSA) is 49.4 Å². The smallest absolute Gasteiger partial charge is 0.156 e. The van der Waals surface area contributed by atoms with Gasteiger partial charge in [0, 0.05) is 19.6 Å². The molecular formula is C15H24N2O2S. The lowest BCUT2D eigenvalue weighted by Crippen LogP contribution is -2.37. The van der Waals surface area contributed by atoms with Gasteiger partial charge in [-0.25, -0.2) is 8.42 Å². The molecule has 1 N–H and O–H groups in total. The molecule has 0 saturated heterocycles. The van der Waals surface area contributed by atoms with E-state index in [1.165, 1.54) is 0 Å². The highest BCUT2D eigenvalue weighted by molar-refractivity contribution is 7.92. The van der Waals surface area contributed by atoms with Crippen LogP contribution in [0.15, 0.2) is 24.3 Å². The molecule has 0 aromatic heterocycles. The minimum absolute atomic E-state index is 0.199. The number of benzene rings is 1. The first kappa shape index (κ1) is 15.2. The first-order valence-electron chi connectivity index (χ1n) is 7.11. The van der Waals surface area contributed by atoms with Gasteiger partial charge in [0.1, 0.15) is 0 Å². The lowest BCUT2D eigenvalue weighted by Gasteiger charge is -2.26. The second-order valence-corrected chi connectivity index (χ2v) is 9.08. The Balaban J connectivity index is 2.14. The fourth-order valence-electron chi connectivity index (χ4n) is 2.28. The normalized spacial score (nSPS) is 16.2. The van der Waals surface area contributed by atoms with Crippen molar-refractivity contribution < 1.29 is 8.42 Å². The van der Waals surface area contributed by atoms with E-state index in [9.17, 15) is 8.42 Å². The first-order valence-corrected chi connectivity index (χ1v) is 8.77. The second kappa shape index (κ2) is 5.64. The zero-order valence-corrected chi connectivity index (χ0v) is 13.3. The van der Waals surface area contributed by atoms with Crippen molar-refractivity contribution in [2.75, 3.05) is 35.6 Å². The summed E-state index contributed by atoms with van der Waals surface area (Å²) >= 11 is 0. The third-order valence-corrected chi connectivity index (χ3v) is 6.31. The molecule has 2 rings (SSSR count). The number of hydrogen-bond donors (Lipinski definition) is 1. The fraction of sp³-hybridized carbons (Fsp3) is 0.600. The molecule has 112 valence electrons. The minimum Gasteiger partial charge on any atom is -0.383 e. The van der Waals surface area contributed by atoms with Crippen molar-refractivity contribution in [2.45, 2.75) is 31.9 Å². The molecule has 0 saturated carbocycles. The molecule has 0 radical (unpaired) electrons. The van der Waals surface area contributed by atoms with E-state index >= 15 is 0 Å². The Kier molecular flexibility index (Phi) is 4.28. The Morgan fingerprint density at radius 3 is 2.65 bits per heavy atom. The van der Waals surface area contributed by atoms with E-state index in [1.54, 1.807) is 20.8 Å². The van der Waals surface area contributed by atoms with Crippen molar-refractivity contribution in [1.82, 2.24) is 0 Å². The molecule has 0 aliphatic carbocycles.